The SMILES string of the molecule is O=C(CSC(F)(F)F)N1C[C@H]2COCC[C@@]2(C(=O)O)C1. The van der Waals surface area contributed by atoms with E-state index in [1.54, 1.807) is 0 Å². The number of ether oxygens (including phenoxy) is 1. The van der Waals surface area contributed by atoms with Crippen molar-refractivity contribution >= 4 is 23.6 Å². The highest BCUT2D eigenvalue weighted by Crippen LogP contribution is 2.42. The number of hydrogen-bond acceptors (Lipinski definition) is 4. The largest absolute Gasteiger partial charge is 0.481 e. The second kappa shape index (κ2) is 5.44. The Kier molecular flexibility index (Phi) is 4.19. The van der Waals surface area contributed by atoms with Crippen LogP contribution in [0.2, 0.25) is 0 Å². The fraction of sp³-hybridized carbons (Fsp3) is 0.818. The van der Waals surface area contributed by atoms with E-state index in [0.29, 0.717) is 6.61 Å². The van der Waals surface area contributed by atoms with Crippen LogP contribution < -0.4 is 0 Å². The Hall–Kier alpha value is -0.960. The summed E-state index contributed by atoms with van der Waals surface area (Å²) in [6.45, 7) is 0.627. The first kappa shape index (κ1) is 15.4. The van der Waals surface area contributed by atoms with Crippen molar-refractivity contribution in [2.45, 2.75) is 11.9 Å². The molecule has 2 aliphatic rings. The Labute approximate surface area is 117 Å². The van der Waals surface area contributed by atoms with Crippen LogP contribution in [0.15, 0.2) is 0 Å². The number of fused-ring (bicyclic) bond motifs is 1. The summed E-state index contributed by atoms with van der Waals surface area (Å²) >= 11 is -0.401. The van der Waals surface area contributed by atoms with Crippen LogP contribution in [0.1, 0.15) is 6.42 Å². The van der Waals surface area contributed by atoms with Crippen molar-refractivity contribution in [2.75, 3.05) is 32.1 Å². The van der Waals surface area contributed by atoms with Crippen LogP contribution in [0, 0.1) is 11.3 Å². The molecule has 2 saturated heterocycles. The second-order valence-electron chi connectivity index (χ2n) is 4.99. The monoisotopic (exact) mass is 313 g/mol. The van der Waals surface area contributed by atoms with Crippen LogP contribution in [0.25, 0.3) is 0 Å². The molecule has 0 aliphatic carbocycles. The molecular formula is C11H14F3NO4S. The second-order valence-corrected chi connectivity index (χ2v) is 6.03. The lowest BCUT2D eigenvalue weighted by Gasteiger charge is -2.33. The maximum atomic E-state index is 12.1. The number of carbonyl (C=O) groups is 2. The number of nitrogens with zero attached hydrogens (tertiary/aromatic N) is 1. The smallest absolute Gasteiger partial charge is 0.442 e. The molecule has 0 aromatic carbocycles. The molecule has 5 nitrogen and oxygen atoms in total. The molecule has 1 amide bonds. The summed E-state index contributed by atoms with van der Waals surface area (Å²) in [5, 5.41) is 9.38. The van der Waals surface area contributed by atoms with Gasteiger partial charge in [-0.3, -0.25) is 9.59 Å². The van der Waals surface area contributed by atoms with Gasteiger partial charge in [0.25, 0.3) is 0 Å². The third-order valence-electron chi connectivity index (χ3n) is 3.84. The predicted octanol–water partition coefficient (Wildman–Crippen LogP) is 1.19. The number of thioether (sulfide) groups is 1. The van der Waals surface area contributed by atoms with Gasteiger partial charge in [0.1, 0.15) is 0 Å². The molecular weight excluding hydrogens is 299 g/mol. The average Bonchev–Trinajstić information content (AvgIpc) is 2.75. The number of hydrogen-bond donors (Lipinski definition) is 1. The fourth-order valence-electron chi connectivity index (χ4n) is 2.72. The van der Waals surface area contributed by atoms with Crippen LogP contribution in [0.4, 0.5) is 13.2 Å². The van der Waals surface area contributed by atoms with Crippen LogP contribution in [0.3, 0.4) is 0 Å². The van der Waals surface area contributed by atoms with Crippen LogP contribution in [-0.4, -0.2) is 59.4 Å². The van der Waals surface area contributed by atoms with Crippen molar-refractivity contribution in [3.8, 4) is 0 Å². The van der Waals surface area contributed by atoms with E-state index in [-0.39, 0.29) is 32.0 Å². The van der Waals surface area contributed by atoms with E-state index in [4.69, 9.17) is 4.74 Å². The van der Waals surface area contributed by atoms with E-state index in [2.05, 4.69) is 0 Å². The molecule has 0 unspecified atom stereocenters. The van der Waals surface area contributed by atoms with Gasteiger partial charge in [-0.05, 0) is 18.2 Å². The fourth-order valence-corrected chi connectivity index (χ4v) is 3.19. The van der Waals surface area contributed by atoms with E-state index < -0.39 is 40.3 Å². The van der Waals surface area contributed by atoms with Crippen molar-refractivity contribution in [2.24, 2.45) is 11.3 Å². The molecule has 20 heavy (non-hydrogen) atoms. The quantitative estimate of drug-likeness (QED) is 0.848. The van der Waals surface area contributed by atoms with E-state index in [1.807, 2.05) is 0 Å². The van der Waals surface area contributed by atoms with E-state index in [9.17, 15) is 27.9 Å². The third kappa shape index (κ3) is 3.03. The maximum Gasteiger partial charge on any atom is 0.442 e. The number of carbonyl (C=O) groups excluding carboxylic acids is 1. The number of alkyl halides is 3. The molecule has 0 spiro atoms. The summed E-state index contributed by atoms with van der Waals surface area (Å²) in [5.41, 5.74) is -5.54. The average molecular weight is 313 g/mol. The number of carboxylic acids is 1. The maximum absolute atomic E-state index is 12.1. The lowest BCUT2D eigenvalue weighted by molar-refractivity contribution is -0.157. The van der Waals surface area contributed by atoms with Gasteiger partial charge < -0.3 is 14.7 Å². The third-order valence-corrected chi connectivity index (χ3v) is 4.56. The van der Waals surface area contributed by atoms with E-state index in [1.165, 1.54) is 4.90 Å². The van der Waals surface area contributed by atoms with Gasteiger partial charge in [-0.15, -0.1) is 0 Å². The molecule has 2 fully saturated rings. The summed E-state index contributed by atoms with van der Waals surface area (Å²) < 4.78 is 41.5. The molecule has 114 valence electrons. The molecule has 2 heterocycles. The molecule has 9 heteroatoms. The Morgan fingerprint density at radius 3 is 2.70 bits per heavy atom. The lowest BCUT2D eigenvalue weighted by Crippen LogP contribution is -2.45. The van der Waals surface area contributed by atoms with Gasteiger partial charge in [-0.1, -0.05) is 0 Å². The summed E-state index contributed by atoms with van der Waals surface area (Å²) in [4.78, 5) is 24.5. The van der Waals surface area contributed by atoms with Crippen LogP contribution in [-0.2, 0) is 14.3 Å². The van der Waals surface area contributed by atoms with Gasteiger partial charge in [0.15, 0.2) is 0 Å². The summed E-state index contributed by atoms with van der Waals surface area (Å²) in [6.07, 6.45) is 0.281. The van der Waals surface area contributed by atoms with Crippen LogP contribution >= 0.6 is 11.8 Å². The van der Waals surface area contributed by atoms with Crippen molar-refractivity contribution in [1.29, 1.82) is 0 Å². The minimum atomic E-state index is -4.46. The van der Waals surface area contributed by atoms with E-state index >= 15 is 0 Å². The number of carboxylic acid groups (broad SMARTS) is 1. The molecule has 2 atom stereocenters. The normalized spacial score (nSPS) is 30.1. The first-order valence-electron chi connectivity index (χ1n) is 6.04. The highest BCUT2D eigenvalue weighted by Gasteiger charge is 2.54. The number of amides is 1. The van der Waals surface area contributed by atoms with Crippen molar-refractivity contribution in [3.05, 3.63) is 0 Å². The van der Waals surface area contributed by atoms with Gasteiger partial charge in [-0.25, -0.2) is 0 Å². The lowest BCUT2D eigenvalue weighted by atomic mass is 9.74. The standard InChI is InChI=1S/C11H14F3NO4S/c12-11(13,14)20-5-8(16)15-3-7-4-19-2-1-10(7,6-15)9(17)18/h7H,1-6H2,(H,17,18)/t7-,10+/m0/s1. The van der Waals surface area contributed by atoms with Gasteiger partial charge in [-0.2, -0.15) is 13.2 Å². The first-order valence-corrected chi connectivity index (χ1v) is 7.03. The topological polar surface area (TPSA) is 66.8 Å². The van der Waals surface area contributed by atoms with Gasteiger partial charge in [0, 0.05) is 25.6 Å². The summed E-state index contributed by atoms with van der Waals surface area (Å²) in [6, 6.07) is 0. The zero-order valence-corrected chi connectivity index (χ0v) is 11.3. The first-order chi connectivity index (χ1) is 9.24. The summed E-state index contributed by atoms with van der Waals surface area (Å²) in [5.74, 6) is -2.76. The number of rotatable bonds is 3. The highest BCUT2D eigenvalue weighted by atomic mass is 32.2. The van der Waals surface area contributed by atoms with Crippen molar-refractivity contribution in [1.82, 2.24) is 4.90 Å². The Morgan fingerprint density at radius 1 is 1.45 bits per heavy atom. The molecule has 2 aliphatic heterocycles. The molecule has 0 aromatic rings. The molecule has 0 aromatic heterocycles. The Bertz CT molecular complexity index is 417. The number of aliphatic carboxylic acids is 1. The van der Waals surface area contributed by atoms with Gasteiger partial charge >= 0.3 is 11.5 Å². The van der Waals surface area contributed by atoms with Gasteiger partial charge in [0.2, 0.25) is 5.91 Å². The zero-order valence-electron chi connectivity index (χ0n) is 10.5. The Morgan fingerprint density at radius 2 is 2.15 bits per heavy atom. The van der Waals surface area contributed by atoms with Gasteiger partial charge in [0.05, 0.1) is 17.8 Å². The van der Waals surface area contributed by atoms with Crippen molar-refractivity contribution < 1.29 is 32.6 Å². The molecule has 0 radical (unpaired) electrons. The van der Waals surface area contributed by atoms with Crippen molar-refractivity contribution in [3.63, 3.8) is 0 Å². The molecule has 1 N–H and O–H groups in total. The summed E-state index contributed by atoms with van der Waals surface area (Å²) in [7, 11) is 0. The minimum Gasteiger partial charge on any atom is -0.481 e. The number of halogens is 3. The van der Waals surface area contributed by atoms with E-state index in [0.717, 1.165) is 0 Å². The number of likely N-dealkylation sites (tertiary alicyclic amines) is 1. The molecule has 0 bridgehead atoms. The minimum absolute atomic E-state index is 0.0341. The predicted molar refractivity (Wildman–Crippen MR) is 64.1 cm³/mol. The van der Waals surface area contributed by atoms with Crippen LogP contribution in [0.5, 0.6) is 0 Å². The molecule has 0 saturated carbocycles. The highest BCUT2D eigenvalue weighted by molar-refractivity contribution is 8.00. The Balaban J connectivity index is 2.02. The molecule has 2 rings (SSSR count). The zero-order chi connectivity index (χ0) is 15.0.